The molecule has 0 aliphatic heterocycles. The SMILES string of the molecule is Cc1nc(-c2ccccc2)sc1C(=O)NCCCCN. The molecule has 0 bridgehead atoms. The van der Waals surface area contributed by atoms with Crippen LogP contribution in [0.3, 0.4) is 0 Å². The Bertz CT molecular complexity index is 566. The summed E-state index contributed by atoms with van der Waals surface area (Å²) in [6, 6.07) is 9.91. The number of hydrogen-bond acceptors (Lipinski definition) is 4. The standard InChI is InChI=1S/C15H19N3OS/c1-11-13(14(19)17-10-6-5-9-16)20-15(18-11)12-7-3-2-4-8-12/h2-4,7-8H,5-6,9-10,16H2,1H3,(H,17,19). The van der Waals surface area contributed by atoms with Gasteiger partial charge in [0.25, 0.3) is 5.91 Å². The first-order valence-corrected chi connectivity index (χ1v) is 7.55. The van der Waals surface area contributed by atoms with Crippen LogP contribution < -0.4 is 11.1 Å². The monoisotopic (exact) mass is 289 g/mol. The zero-order valence-electron chi connectivity index (χ0n) is 11.6. The lowest BCUT2D eigenvalue weighted by Crippen LogP contribution is -2.24. The van der Waals surface area contributed by atoms with E-state index in [4.69, 9.17) is 5.73 Å². The zero-order valence-corrected chi connectivity index (χ0v) is 12.4. The van der Waals surface area contributed by atoms with Gasteiger partial charge in [-0.1, -0.05) is 30.3 Å². The van der Waals surface area contributed by atoms with E-state index in [-0.39, 0.29) is 5.91 Å². The highest BCUT2D eigenvalue weighted by Crippen LogP contribution is 2.27. The summed E-state index contributed by atoms with van der Waals surface area (Å²) < 4.78 is 0. The van der Waals surface area contributed by atoms with Crippen LogP contribution >= 0.6 is 11.3 Å². The maximum Gasteiger partial charge on any atom is 0.263 e. The third kappa shape index (κ3) is 3.65. The molecule has 0 radical (unpaired) electrons. The molecule has 20 heavy (non-hydrogen) atoms. The first-order valence-electron chi connectivity index (χ1n) is 6.73. The number of carbonyl (C=O) groups is 1. The van der Waals surface area contributed by atoms with E-state index in [0.29, 0.717) is 18.0 Å². The first-order chi connectivity index (χ1) is 9.72. The second-order valence-electron chi connectivity index (χ2n) is 4.55. The quantitative estimate of drug-likeness (QED) is 0.803. The topological polar surface area (TPSA) is 68.0 Å². The Morgan fingerprint density at radius 1 is 1.30 bits per heavy atom. The van der Waals surface area contributed by atoms with Gasteiger partial charge in [0, 0.05) is 12.1 Å². The van der Waals surface area contributed by atoms with Crippen LogP contribution in [0.15, 0.2) is 30.3 Å². The number of unbranched alkanes of at least 4 members (excludes halogenated alkanes) is 1. The van der Waals surface area contributed by atoms with Crippen LogP contribution in [0.1, 0.15) is 28.2 Å². The summed E-state index contributed by atoms with van der Waals surface area (Å²) in [5, 5.41) is 3.80. The number of carbonyl (C=O) groups excluding carboxylic acids is 1. The minimum absolute atomic E-state index is 0.0424. The van der Waals surface area contributed by atoms with Crippen molar-refractivity contribution in [3.63, 3.8) is 0 Å². The van der Waals surface area contributed by atoms with E-state index in [1.54, 1.807) is 0 Å². The number of aromatic nitrogens is 1. The lowest BCUT2D eigenvalue weighted by molar-refractivity contribution is 0.0956. The summed E-state index contributed by atoms with van der Waals surface area (Å²) in [6.07, 6.45) is 1.84. The van der Waals surface area contributed by atoms with E-state index in [1.165, 1.54) is 11.3 Å². The Hall–Kier alpha value is -1.72. The predicted molar refractivity (Wildman–Crippen MR) is 82.9 cm³/mol. The Kier molecular flexibility index (Phi) is 5.26. The number of nitrogens with two attached hydrogens (primary N) is 1. The maximum absolute atomic E-state index is 12.1. The Morgan fingerprint density at radius 3 is 2.75 bits per heavy atom. The third-order valence-electron chi connectivity index (χ3n) is 2.94. The summed E-state index contributed by atoms with van der Waals surface area (Å²) >= 11 is 1.44. The molecule has 1 aromatic heterocycles. The number of nitrogens with zero attached hydrogens (tertiary/aromatic N) is 1. The molecule has 2 aromatic rings. The fourth-order valence-corrected chi connectivity index (χ4v) is 2.85. The smallest absolute Gasteiger partial charge is 0.263 e. The Labute approximate surface area is 123 Å². The van der Waals surface area contributed by atoms with E-state index in [0.717, 1.165) is 29.1 Å². The third-order valence-corrected chi connectivity index (χ3v) is 4.15. The van der Waals surface area contributed by atoms with Gasteiger partial charge in [0.2, 0.25) is 0 Å². The normalized spacial score (nSPS) is 10.5. The van der Waals surface area contributed by atoms with Gasteiger partial charge in [-0.3, -0.25) is 4.79 Å². The fraction of sp³-hybridized carbons (Fsp3) is 0.333. The zero-order chi connectivity index (χ0) is 14.4. The summed E-state index contributed by atoms with van der Waals surface area (Å²) in [5.41, 5.74) is 7.25. The molecule has 0 unspecified atom stereocenters. The predicted octanol–water partition coefficient (Wildman–Crippen LogP) is 2.59. The summed E-state index contributed by atoms with van der Waals surface area (Å²) in [4.78, 5) is 17.3. The summed E-state index contributed by atoms with van der Waals surface area (Å²) in [5.74, 6) is -0.0424. The molecule has 0 atom stereocenters. The average Bonchev–Trinajstić information content (AvgIpc) is 2.86. The number of thiazole rings is 1. The summed E-state index contributed by atoms with van der Waals surface area (Å²) in [6.45, 7) is 3.19. The summed E-state index contributed by atoms with van der Waals surface area (Å²) in [7, 11) is 0. The van der Waals surface area contributed by atoms with Gasteiger partial charge in [0.05, 0.1) is 5.69 Å². The van der Waals surface area contributed by atoms with E-state index in [2.05, 4.69) is 10.3 Å². The van der Waals surface area contributed by atoms with Crippen molar-refractivity contribution in [1.82, 2.24) is 10.3 Å². The Morgan fingerprint density at radius 2 is 2.05 bits per heavy atom. The average molecular weight is 289 g/mol. The molecule has 0 aliphatic carbocycles. The second kappa shape index (κ2) is 7.17. The molecule has 106 valence electrons. The maximum atomic E-state index is 12.1. The van der Waals surface area contributed by atoms with Crippen molar-refractivity contribution in [3.8, 4) is 10.6 Å². The molecule has 3 N–H and O–H groups in total. The van der Waals surface area contributed by atoms with Gasteiger partial charge in [-0.25, -0.2) is 4.98 Å². The highest BCUT2D eigenvalue weighted by molar-refractivity contribution is 7.17. The number of benzene rings is 1. The van der Waals surface area contributed by atoms with Crippen molar-refractivity contribution in [2.45, 2.75) is 19.8 Å². The van der Waals surface area contributed by atoms with Gasteiger partial charge in [-0.05, 0) is 26.3 Å². The lowest BCUT2D eigenvalue weighted by Gasteiger charge is -2.02. The Balaban J connectivity index is 2.06. The molecular weight excluding hydrogens is 270 g/mol. The molecule has 0 aliphatic rings. The van der Waals surface area contributed by atoms with Crippen molar-refractivity contribution < 1.29 is 4.79 Å². The second-order valence-corrected chi connectivity index (χ2v) is 5.55. The van der Waals surface area contributed by atoms with Gasteiger partial charge >= 0.3 is 0 Å². The van der Waals surface area contributed by atoms with Crippen LogP contribution in [0, 0.1) is 6.92 Å². The van der Waals surface area contributed by atoms with Crippen LogP contribution in [-0.2, 0) is 0 Å². The molecule has 5 heteroatoms. The van der Waals surface area contributed by atoms with Crippen LogP contribution in [0.2, 0.25) is 0 Å². The molecule has 1 aromatic carbocycles. The molecule has 1 heterocycles. The number of rotatable bonds is 6. The van der Waals surface area contributed by atoms with E-state index >= 15 is 0 Å². The highest BCUT2D eigenvalue weighted by Gasteiger charge is 2.15. The number of amides is 1. The number of nitrogens with one attached hydrogen (secondary N) is 1. The van der Waals surface area contributed by atoms with Gasteiger partial charge < -0.3 is 11.1 Å². The molecule has 1 amide bonds. The van der Waals surface area contributed by atoms with Crippen molar-refractivity contribution in [2.75, 3.05) is 13.1 Å². The minimum atomic E-state index is -0.0424. The molecule has 0 fully saturated rings. The van der Waals surface area contributed by atoms with Crippen LogP contribution in [-0.4, -0.2) is 24.0 Å². The lowest BCUT2D eigenvalue weighted by atomic mass is 10.2. The number of aryl methyl sites for hydroxylation is 1. The molecular formula is C15H19N3OS. The van der Waals surface area contributed by atoms with E-state index < -0.39 is 0 Å². The van der Waals surface area contributed by atoms with Crippen molar-refractivity contribution in [2.24, 2.45) is 5.73 Å². The van der Waals surface area contributed by atoms with E-state index in [9.17, 15) is 4.79 Å². The minimum Gasteiger partial charge on any atom is -0.351 e. The van der Waals surface area contributed by atoms with Crippen molar-refractivity contribution in [3.05, 3.63) is 40.9 Å². The van der Waals surface area contributed by atoms with Crippen molar-refractivity contribution in [1.29, 1.82) is 0 Å². The van der Waals surface area contributed by atoms with Gasteiger partial charge in [-0.15, -0.1) is 11.3 Å². The van der Waals surface area contributed by atoms with Gasteiger partial charge in [0.15, 0.2) is 0 Å². The molecule has 0 saturated carbocycles. The largest absolute Gasteiger partial charge is 0.351 e. The first kappa shape index (κ1) is 14.7. The molecule has 2 rings (SSSR count). The van der Waals surface area contributed by atoms with Crippen LogP contribution in [0.25, 0.3) is 10.6 Å². The van der Waals surface area contributed by atoms with Gasteiger partial charge in [-0.2, -0.15) is 0 Å². The van der Waals surface area contributed by atoms with Crippen LogP contribution in [0.4, 0.5) is 0 Å². The number of hydrogen-bond donors (Lipinski definition) is 2. The van der Waals surface area contributed by atoms with Crippen molar-refractivity contribution >= 4 is 17.2 Å². The highest BCUT2D eigenvalue weighted by atomic mass is 32.1. The molecule has 4 nitrogen and oxygen atoms in total. The fourth-order valence-electron chi connectivity index (χ4n) is 1.86. The van der Waals surface area contributed by atoms with Gasteiger partial charge in [0.1, 0.15) is 9.88 Å². The molecule has 0 spiro atoms. The van der Waals surface area contributed by atoms with Crippen LogP contribution in [0.5, 0.6) is 0 Å². The molecule has 0 saturated heterocycles. The van der Waals surface area contributed by atoms with E-state index in [1.807, 2.05) is 37.3 Å².